The van der Waals surface area contributed by atoms with E-state index in [4.69, 9.17) is 44.9 Å². The normalized spacial score (nSPS) is 16.0. The van der Waals surface area contributed by atoms with Crippen molar-refractivity contribution in [3.63, 3.8) is 0 Å². The molecule has 57 nitrogen and oxygen atoms in total. The average molecular weight is 2050 g/mol. The van der Waals surface area contributed by atoms with Gasteiger partial charge in [-0.3, -0.25) is 117 Å². The van der Waals surface area contributed by atoms with Crippen molar-refractivity contribution >= 4 is 173 Å². The second-order valence-electron chi connectivity index (χ2n) is 34.9. The predicted octanol–water partition coefficient (Wildman–Crippen LogP) is -14.6. The Morgan fingerprint density at radius 3 is 0.957 bits per heavy atom. The predicted molar refractivity (Wildman–Crippen MR) is 512 cm³/mol. The molecule has 0 aromatic rings. The zero-order valence-corrected chi connectivity index (χ0v) is 82.8. The fraction of sp³-hybridized carbons (Fsp3) is 0.695. The Hall–Kier alpha value is -13.3. The summed E-state index contributed by atoms with van der Waals surface area (Å²) in [5.74, 6) is -29.1. The Balaban J connectivity index is 3.43. The number of primary amides is 2. The molecule has 141 heavy (non-hydrogen) atoms. The van der Waals surface area contributed by atoms with Crippen LogP contribution in [0.2, 0.25) is 0 Å². The number of nitrogens with one attached hydrogen (secondary N) is 26. The Morgan fingerprint density at radius 1 is 0.326 bits per heavy atom. The summed E-state index contributed by atoms with van der Waals surface area (Å²) >= 11 is 8.28. The number of hydrogen-bond acceptors (Lipinski definition) is 31. The van der Waals surface area contributed by atoms with Gasteiger partial charge < -0.3 is 171 Å². The number of guanidine groups is 3. The minimum Gasteiger partial charge on any atom is -0.480 e. The van der Waals surface area contributed by atoms with Gasteiger partial charge in [0, 0.05) is 31.1 Å². The highest BCUT2D eigenvalue weighted by atomic mass is 32.1. The largest absolute Gasteiger partial charge is 0.480 e. The van der Waals surface area contributed by atoms with Gasteiger partial charge in [0.2, 0.25) is 124 Å². The van der Waals surface area contributed by atoms with E-state index in [1.807, 2.05) is 5.32 Å². The van der Waals surface area contributed by atoms with Crippen LogP contribution in [-0.2, 0) is 105 Å². The smallest absolute Gasteiger partial charge is 0.326 e. The quantitative estimate of drug-likeness (QED) is 0.0116. The van der Waals surface area contributed by atoms with E-state index in [9.17, 15) is 126 Å². The van der Waals surface area contributed by atoms with E-state index in [-0.39, 0.29) is 63.9 Å². The van der Waals surface area contributed by atoms with E-state index in [0.717, 1.165) is 27.2 Å². The van der Waals surface area contributed by atoms with Crippen LogP contribution in [0.15, 0.2) is 0 Å². The number of aliphatic hydroxyl groups excluding tert-OH is 3. The van der Waals surface area contributed by atoms with Crippen LogP contribution in [0.1, 0.15) is 154 Å². The highest BCUT2D eigenvalue weighted by Crippen LogP contribution is 2.15. The van der Waals surface area contributed by atoms with Gasteiger partial charge in [-0.05, 0) is 108 Å². The van der Waals surface area contributed by atoms with Crippen molar-refractivity contribution in [3.05, 3.63) is 0 Å². The number of carboxylic acids is 1. The molecule has 0 aromatic heterocycles. The Kier molecular flexibility index (Phi) is 57.2. The first-order chi connectivity index (χ1) is 65.9. The summed E-state index contributed by atoms with van der Waals surface area (Å²) in [5, 5.41) is 120. The van der Waals surface area contributed by atoms with E-state index in [1.54, 1.807) is 0 Å². The first-order valence-corrected chi connectivity index (χ1v) is 46.7. The van der Waals surface area contributed by atoms with E-state index in [1.165, 1.54) is 69.2 Å². The molecule has 1 heterocycles. The van der Waals surface area contributed by atoms with Gasteiger partial charge in [0.1, 0.15) is 103 Å². The van der Waals surface area contributed by atoms with Crippen LogP contribution in [0, 0.1) is 45.8 Å². The van der Waals surface area contributed by atoms with Gasteiger partial charge in [0.25, 0.3) is 0 Å². The van der Waals surface area contributed by atoms with Gasteiger partial charge in [0.15, 0.2) is 17.9 Å². The van der Waals surface area contributed by atoms with Crippen LogP contribution in [0.4, 0.5) is 0 Å². The molecule has 0 aliphatic carbocycles. The van der Waals surface area contributed by atoms with Crippen LogP contribution in [-0.4, -0.2) is 347 Å². The maximum atomic E-state index is 14.6. The lowest BCUT2D eigenvalue weighted by molar-refractivity contribution is -0.143. The molecule has 1 fully saturated rings. The van der Waals surface area contributed by atoms with E-state index < -0.39 is 337 Å². The molecule has 1 saturated heterocycles. The molecule has 0 unspecified atom stereocenters. The van der Waals surface area contributed by atoms with Gasteiger partial charge in [-0.25, -0.2) is 4.79 Å². The molecule has 1 aliphatic heterocycles. The fourth-order valence-electron chi connectivity index (χ4n) is 13.2. The lowest BCUT2D eigenvalue weighted by atomic mass is 10.00. The van der Waals surface area contributed by atoms with Crippen molar-refractivity contribution in [1.82, 2.24) is 122 Å². The molecule has 1 aliphatic rings. The molecule has 0 saturated carbocycles. The third kappa shape index (κ3) is 47.0. The lowest BCUT2D eigenvalue weighted by Crippen LogP contribution is -2.62. The van der Waals surface area contributed by atoms with Gasteiger partial charge in [0.05, 0.1) is 51.3 Å². The summed E-state index contributed by atoms with van der Waals surface area (Å²) < 4.78 is 0. The lowest BCUT2D eigenvalue weighted by Gasteiger charge is -2.29. The third-order valence-corrected chi connectivity index (χ3v) is 22.0. The van der Waals surface area contributed by atoms with Gasteiger partial charge in [-0.2, -0.15) is 25.3 Å². The molecule has 59 heteroatoms. The summed E-state index contributed by atoms with van der Waals surface area (Å²) in [6.07, 6.45) is -3.03. The van der Waals surface area contributed by atoms with Crippen LogP contribution in [0.25, 0.3) is 0 Å². The summed E-state index contributed by atoms with van der Waals surface area (Å²) in [4.78, 5) is 297. The standard InChI is InChI=1S/C82H145N31O26S2/c1-34(2)56(108-54(119)28-95-64(123)50(32-140)107-78(137)61(41(13)116)113-77(136)60(38(9)10)112-71(130)49(31-115)105-72(131)51(33-141)106-65(124)42-18-14-22-91-42)73(132)96-29-55(120)109-57(35(3)4)74(133)101-45(21-17-25-94-82(89)90)68(127)110-58(36(5)6)75(134)100-43(19-15-23-92-80(85)86)66(125)104-48(30-114)70(129)99-44(20-16-24-93-81(87)88)67(126)111-59(37(7)8)76(135)102-46(26-52(83)117)69(128)98-39(11)62(121)97-40(12)63(122)103-47(79(138)139)27-53(84)118/h34-51,56-61,91,114-116,140-141H,14-33H2,1-13H3,(H2,83,117)(H2,84,118)(H,95,123)(H,96,132)(H,97,121)(H,98,128)(H,99,129)(H,100,134)(H,101,133)(H,102,135)(H,103,122)(H,104,125)(H,105,131)(H,106,124)(H,107,137)(H,108,119)(H,109,120)(H,110,127)(H,111,126)(H,112,130)(H,113,136)(H,138,139)(H4,85,86,92)(H4,87,88,93)(H4,89,90,94)/t39-,40-,41+,42-,43-,44-,45-,46-,47-,48-,49-,50-,51-,56-,57-,58-,59-,60-,61-/m0/s1. The summed E-state index contributed by atoms with van der Waals surface area (Å²) in [5.41, 5.74) is 27.0. The molecule has 1 rings (SSSR count). The first kappa shape index (κ1) is 126. The van der Waals surface area contributed by atoms with Crippen molar-refractivity contribution in [2.75, 3.05) is 64.0 Å². The monoisotopic (exact) mass is 2040 g/mol. The number of carboxylic acid groups (broad SMARTS) is 1. The number of rotatable bonds is 65. The number of carbonyl (C=O) groups excluding carboxylic acids is 21. The maximum absolute atomic E-state index is 14.6. The van der Waals surface area contributed by atoms with Crippen molar-refractivity contribution < 1.29 is 126 Å². The second kappa shape index (κ2) is 64.1. The molecule has 0 spiro atoms. The first-order valence-electron chi connectivity index (χ1n) is 45.4. The van der Waals surface area contributed by atoms with Crippen molar-refractivity contribution in [2.45, 2.75) is 269 Å². The number of hydrogen-bond donors (Lipinski definition) is 37. The zero-order valence-electron chi connectivity index (χ0n) is 81.1. The van der Waals surface area contributed by atoms with Gasteiger partial charge in [-0.15, -0.1) is 0 Å². The Labute approximate surface area is 825 Å². The van der Waals surface area contributed by atoms with Gasteiger partial charge >= 0.3 is 5.97 Å². The molecule has 21 amide bonds. The molecule has 19 atom stereocenters. The minimum atomic E-state index is -1.95. The number of amides is 21. The number of thiol groups is 2. The Bertz CT molecular complexity index is 4360. The van der Waals surface area contributed by atoms with Crippen molar-refractivity contribution in [3.8, 4) is 0 Å². The molecule has 796 valence electrons. The molecule has 0 radical (unpaired) electrons. The molecular formula is C82H145N31O26S2. The SMILES string of the molecule is CC(C)[C@H](NC(=O)CNC(=O)[C@H](CS)NC(=O)[C@@H](NC(=O)[C@@H](NC(=O)[C@H](CO)NC(=O)[C@H](CS)NC(=O)[C@@H]1CCCN1)C(C)C)[C@@H](C)O)C(=O)NCC(=O)N[C@H](C(=O)N[C@@H](CCCNC(=N)N)C(=O)N[C@H](C(=O)N[C@@H](CCCNC(=N)N)C(=O)N[C@@H](CO)C(=O)N[C@@H](CCCNC(=N)N)C(=O)N[C@H](C(=O)N[C@@H](CC(N)=O)C(=O)N[C@@H](C)C(=O)N[C@@H](C)C(=O)N[C@@H](CC(N)=O)C(=O)O)C(C)C)C(C)C)C(C)C. The highest BCUT2D eigenvalue weighted by Gasteiger charge is 2.41. The number of nitrogens with two attached hydrogens (primary N) is 5. The average Bonchev–Trinajstić information content (AvgIpc) is 1.04. The van der Waals surface area contributed by atoms with Crippen molar-refractivity contribution in [2.24, 2.45) is 58.3 Å². The maximum Gasteiger partial charge on any atom is 0.326 e. The van der Waals surface area contributed by atoms with E-state index >= 15 is 0 Å². The molecule has 0 aromatic carbocycles. The Morgan fingerprint density at radius 2 is 0.603 bits per heavy atom. The highest BCUT2D eigenvalue weighted by molar-refractivity contribution is 7.80. The fourth-order valence-corrected chi connectivity index (χ4v) is 13.7. The molecule has 0 bridgehead atoms. The van der Waals surface area contributed by atoms with E-state index in [2.05, 4.69) is 142 Å². The topological polar surface area (TPSA) is 935 Å². The molecular weight excluding hydrogens is 1900 g/mol. The second-order valence-corrected chi connectivity index (χ2v) is 35.7. The van der Waals surface area contributed by atoms with Crippen LogP contribution in [0.5, 0.6) is 0 Å². The van der Waals surface area contributed by atoms with Crippen LogP contribution < -0.4 is 151 Å². The van der Waals surface area contributed by atoms with Crippen LogP contribution >= 0.6 is 25.3 Å². The minimum absolute atomic E-state index is 0.0142. The van der Waals surface area contributed by atoms with Crippen LogP contribution in [0.3, 0.4) is 0 Å². The van der Waals surface area contributed by atoms with E-state index in [0.29, 0.717) is 13.0 Å². The van der Waals surface area contributed by atoms with Crippen molar-refractivity contribution in [1.29, 1.82) is 16.2 Å². The number of carbonyl (C=O) groups is 22. The number of aliphatic hydroxyl groups is 3. The summed E-state index contributed by atoms with van der Waals surface area (Å²) in [7, 11) is 0. The summed E-state index contributed by atoms with van der Waals surface area (Å²) in [6.45, 7) is 15.0. The van der Waals surface area contributed by atoms with Gasteiger partial charge in [-0.1, -0.05) is 69.2 Å². The third-order valence-electron chi connectivity index (χ3n) is 21.2. The zero-order chi connectivity index (χ0) is 108. The summed E-state index contributed by atoms with van der Waals surface area (Å²) in [6, 6.07) is -27.7. The number of aliphatic carboxylic acids is 1. The molecule has 40 N–H and O–H groups in total.